The van der Waals surface area contributed by atoms with Crippen molar-refractivity contribution in [3.8, 4) is 0 Å². The van der Waals surface area contributed by atoms with Crippen LogP contribution in [0.3, 0.4) is 0 Å². The van der Waals surface area contributed by atoms with Crippen molar-refractivity contribution in [2.24, 2.45) is 11.8 Å². The highest BCUT2D eigenvalue weighted by molar-refractivity contribution is 5.96. The number of fused-ring (bicyclic) bond motifs is 1. The van der Waals surface area contributed by atoms with Crippen molar-refractivity contribution < 1.29 is 14.3 Å². The minimum atomic E-state index is -0.689. The molecule has 0 unspecified atom stereocenters. The maximum atomic E-state index is 13.7. The van der Waals surface area contributed by atoms with Crippen molar-refractivity contribution >= 4 is 11.9 Å². The van der Waals surface area contributed by atoms with Crippen molar-refractivity contribution in [3.63, 3.8) is 0 Å². The number of nitrogens with zero attached hydrogens (tertiary/aromatic N) is 1. The van der Waals surface area contributed by atoms with E-state index in [1.807, 2.05) is 10.6 Å². The lowest BCUT2D eigenvalue weighted by Gasteiger charge is -2.29. The van der Waals surface area contributed by atoms with E-state index in [1.165, 1.54) is 39.2 Å². The average molecular weight is 471 g/mol. The fraction of sp³-hybridized carbons (Fsp3) is 0.750. The molecule has 2 fully saturated rings. The number of aromatic nitrogens is 1. The number of hydrogen-bond acceptors (Lipinski definition) is 4. The standard InChI is InChI=1S/C28H42N2O4/c1-34-28(33)25(21-14-9-5-10-15-21)29-26(31)23-18-22-16-8-2-3-11-17-24(22)30(27(23)32)19-20-12-6-4-7-13-20/h18,20-21,25H,2-17,19H2,1H3,(H,29,31)/t25-/m1/s1. The third-order valence-corrected chi connectivity index (χ3v) is 8.37. The summed E-state index contributed by atoms with van der Waals surface area (Å²) in [5, 5.41) is 2.93. The van der Waals surface area contributed by atoms with Gasteiger partial charge in [-0.25, -0.2) is 4.79 Å². The highest BCUT2D eigenvalue weighted by Gasteiger charge is 2.33. The zero-order valence-corrected chi connectivity index (χ0v) is 20.9. The van der Waals surface area contributed by atoms with E-state index < -0.39 is 17.9 Å². The molecule has 2 saturated carbocycles. The second-order valence-electron chi connectivity index (χ2n) is 10.7. The summed E-state index contributed by atoms with van der Waals surface area (Å²) in [6.45, 7) is 0.714. The normalized spacial score (nSPS) is 21.1. The van der Waals surface area contributed by atoms with E-state index >= 15 is 0 Å². The molecule has 1 amide bonds. The SMILES string of the molecule is COC(=O)[C@H](NC(=O)c1cc2c(n(CC3CCCCC3)c1=O)CCCCCC2)C1CCCCC1. The fourth-order valence-corrected chi connectivity index (χ4v) is 6.40. The molecular formula is C28H42N2O4. The molecule has 0 saturated heterocycles. The smallest absolute Gasteiger partial charge is 0.328 e. The molecule has 4 rings (SSSR count). The van der Waals surface area contributed by atoms with E-state index in [1.54, 1.807) is 0 Å². The summed E-state index contributed by atoms with van der Waals surface area (Å²) < 4.78 is 6.98. The zero-order valence-electron chi connectivity index (χ0n) is 20.9. The molecule has 0 spiro atoms. The third-order valence-electron chi connectivity index (χ3n) is 8.37. The van der Waals surface area contributed by atoms with E-state index in [4.69, 9.17) is 4.74 Å². The number of nitrogens with one attached hydrogen (secondary N) is 1. The van der Waals surface area contributed by atoms with Crippen LogP contribution in [0.1, 0.15) is 112 Å². The number of amides is 1. The molecule has 1 aromatic heterocycles. The van der Waals surface area contributed by atoms with Crippen LogP contribution in [-0.2, 0) is 28.9 Å². The number of ether oxygens (including phenoxy) is 1. The Balaban J connectivity index is 1.65. The van der Waals surface area contributed by atoms with E-state index in [9.17, 15) is 14.4 Å². The van der Waals surface area contributed by atoms with Gasteiger partial charge in [0.05, 0.1) is 7.11 Å². The Kier molecular flexibility index (Phi) is 8.85. The molecule has 0 radical (unpaired) electrons. The molecule has 0 bridgehead atoms. The molecule has 0 aliphatic heterocycles. The summed E-state index contributed by atoms with van der Waals surface area (Å²) in [5.41, 5.74) is 2.30. The predicted molar refractivity (Wildman–Crippen MR) is 133 cm³/mol. The van der Waals surface area contributed by atoms with Crippen LogP contribution in [0.4, 0.5) is 0 Å². The van der Waals surface area contributed by atoms with Crippen LogP contribution in [0.25, 0.3) is 0 Å². The van der Waals surface area contributed by atoms with Crippen molar-refractivity contribution in [1.82, 2.24) is 9.88 Å². The molecule has 6 heteroatoms. The Hall–Kier alpha value is -2.11. The number of esters is 1. The van der Waals surface area contributed by atoms with Crippen molar-refractivity contribution in [2.75, 3.05) is 7.11 Å². The molecule has 3 aliphatic rings. The number of carbonyl (C=O) groups excluding carboxylic acids is 2. The molecular weight excluding hydrogens is 428 g/mol. The Morgan fingerprint density at radius 2 is 1.56 bits per heavy atom. The van der Waals surface area contributed by atoms with Gasteiger partial charge >= 0.3 is 5.97 Å². The van der Waals surface area contributed by atoms with Crippen LogP contribution in [0.5, 0.6) is 0 Å². The van der Waals surface area contributed by atoms with Gasteiger partial charge in [-0.1, -0.05) is 51.4 Å². The molecule has 188 valence electrons. The van der Waals surface area contributed by atoms with Crippen LogP contribution in [0, 0.1) is 11.8 Å². The van der Waals surface area contributed by atoms with E-state index in [-0.39, 0.29) is 17.0 Å². The summed E-state index contributed by atoms with van der Waals surface area (Å²) in [4.78, 5) is 39.8. The lowest BCUT2D eigenvalue weighted by atomic mass is 9.83. The Morgan fingerprint density at radius 3 is 2.24 bits per heavy atom. The summed E-state index contributed by atoms with van der Waals surface area (Å²) >= 11 is 0. The lowest BCUT2D eigenvalue weighted by Crippen LogP contribution is -2.48. The summed E-state index contributed by atoms with van der Waals surface area (Å²) in [6, 6.07) is 1.15. The molecule has 1 N–H and O–H groups in total. The van der Waals surface area contributed by atoms with Gasteiger partial charge < -0.3 is 14.6 Å². The summed E-state index contributed by atoms with van der Waals surface area (Å²) in [5.74, 6) is -0.259. The highest BCUT2D eigenvalue weighted by Crippen LogP contribution is 2.29. The number of aryl methyl sites for hydroxylation is 1. The number of methoxy groups -OCH3 is 1. The van der Waals surface area contributed by atoms with Crippen molar-refractivity contribution in [3.05, 3.63) is 33.2 Å². The van der Waals surface area contributed by atoms with Crippen molar-refractivity contribution in [1.29, 1.82) is 0 Å². The first-order valence-electron chi connectivity index (χ1n) is 13.7. The summed E-state index contributed by atoms with van der Waals surface area (Å²) in [6.07, 6.45) is 17.5. The molecule has 1 aromatic rings. The maximum Gasteiger partial charge on any atom is 0.328 e. The number of pyridine rings is 1. The minimum Gasteiger partial charge on any atom is -0.467 e. The maximum absolute atomic E-state index is 13.7. The second-order valence-corrected chi connectivity index (χ2v) is 10.7. The molecule has 3 aliphatic carbocycles. The predicted octanol–water partition coefficient (Wildman–Crippen LogP) is 4.94. The van der Waals surface area contributed by atoms with Gasteiger partial charge in [0, 0.05) is 12.2 Å². The molecule has 1 atom stereocenters. The summed E-state index contributed by atoms with van der Waals surface area (Å²) in [7, 11) is 1.37. The van der Waals surface area contributed by atoms with Crippen LogP contribution >= 0.6 is 0 Å². The molecule has 34 heavy (non-hydrogen) atoms. The molecule has 1 heterocycles. The fourth-order valence-electron chi connectivity index (χ4n) is 6.40. The van der Waals surface area contributed by atoms with E-state index in [0.29, 0.717) is 12.5 Å². The van der Waals surface area contributed by atoms with Gasteiger partial charge in [0.15, 0.2) is 0 Å². The monoisotopic (exact) mass is 470 g/mol. The third kappa shape index (κ3) is 5.92. The van der Waals surface area contributed by atoms with Crippen LogP contribution in [0.2, 0.25) is 0 Å². The quantitative estimate of drug-likeness (QED) is 0.598. The molecule has 0 aromatic carbocycles. The zero-order chi connectivity index (χ0) is 23.9. The average Bonchev–Trinajstić information content (AvgIpc) is 2.85. The van der Waals surface area contributed by atoms with E-state index in [0.717, 1.165) is 81.9 Å². The second kappa shape index (κ2) is 12.0. The van der Waals surface area contributed by atoms with Crippen LogP contribution < -0.4 is 10.9 Å². The first kappa shape index (κ1) is 25.0. The lowest BCUT2D eigenvalue weighted by molar-refractivity contribution is -0.144. The van der Waals surface area contributed by atoms with E-state index in [2.05, 4.69) is 5.32 Å². The topological polar surface area (TPSA) is 77.4 Å². The Labute approximate surface area is 203 Å². The minimum absolute atomic E-state index is 0.0685. The van der Waals surface area contributed by atoms with Gasteiger partial charge in [0.2, 0.25) is 0 Å². The first-order chi connectivity index (χ1) is 16.6. The highest BCUT2D eigenvalue weighted by atomic mass is 16.5. The van der Waals surface area contributed by atoms with Gasteiger partial charge in [-0.05, 0) is 74.8 Å². The number of hydrogen-bond donors (Lipinski definition) is 1. The largest absolute Gasteiger partial charge is 0.467 e. The van der Waals surface area contributed by atoms with Gasteiger partial charge in [0.1, 0.15) is 11.6 Å². The number of rotatable bonds is 6. The van der Waals surface area contributed by atoms with Gasteiger partial charge in [-0.2, -0.15) is 0 Å². The van der Waals surface area contributed by atoms with Crippen LogP contribution in [0.15, 0.2) is 10.9 Å². The van der Waals surface area contributed by atoms with Gasteiger partial charge in [-0.15, -0.1) is 0 Å². The Morgan fingerprint density at radius 1 is 0.941 bits per heavy atom. The number of carbonyl (C=O) groups is 2. The first-order valence-corrected chi connectivity index (χ1v) is 13.7. The molecule has 6 nitrogen and oxygen atoms in total. The van der Waals surface area contributed by atoms with Crippen molar-refractivity contribution in [2.45, 2.75) is 115 Å². The Bertz CT molecular complexity index is 910. The van der Waals surface area contributed by atoms with Gasteiger partial charge in [-0.3, -0.25) is 9.59 Å². The van der Waals surface area contributed by atoms with Crippen LogP contribution in [-0.4, -0.2) is 29.6 Å². The van der Waals surface area contributed by atoms with Gasteiger partial charge in [0.25, 0.3) is 11.5 Å².